The Morgan fingerprint density at radius 2 is 0.879 bits per heavy atom. The molecule has 14 unspecified atom stereocenters. The maximum atomic E-state index is 13.6. The van der Waals surface area contributed by atoms with Gasteiger partial charge in [0.1, 0.15) is 36.7 Å². The predicted molar refractivity (Wildman–Crippen MR) is 406 cm³/mol. The minimum absolute atomic E-state index is 0. The zero-order chi connectivity index (χ0) is 77.3. The monoisotopic (exact) mass is 2400 g/mol. The maximum Gasteiger partial charge on any atom is 0.514 e. The van der Waals surface area contributed by atoms with Gasteiger partial charge < -0.3 is 38.6 Å². The van der Waals surface area contributed by atoms with Crippen LogP contribution in [0.1, 0.15) is 34.1 Å². The van der Waals surface area contributed by atoms with Crippen molar-refractivity contribution in [3.05, 3.63) is 219 Å². The van der Waals surface area contributed by atoms with E-state index in [1.165, 1.54) is 36.1 Å². The third-order valence-corrected chi connectivity index (χ3v) is 26.7. The van der Waals surface area contributed by atoms with Gasteiger partial charge >= 0.3 is 90.8 Å². The summed E-state index contributed by atoms with van der Waals surface area (Å²) >= 11 is 12.5. The Balaban J connectivity index is 0.000000173. The summed E-state index contributed by atoms with van der Waals surface area (Å²) in [6, 6.07) is 50.0. The van der Waals surface area contributed by atoms with Gasteiger partial charge in [-0.2, -0.15) is 26.3 Å². The van der Waals surface area contributed by atoms with Crippen LogP contribution in [0.2, 0.25) is 0 Å². The Kier molecular flexibility index (Phi) is 31.5. The smallest absolute Gasteiger partial charge is 0.506 e. The molecule has 107 heavy (non-hydrogen) atoms. The number of aromatic hydroxyl groups is 1. The second-order valence-corrected chi connectivity index (χ2v) is 37.3. The van der Waals surface area contributed by atoms with Gasteiger partial charge in [-0.25, -0.2) is 37.1 Å². The highest BCUT2D eigenvalue weighted by Crippen LogP contribution is 2.60. The van der Waals surface area contributed by atoms with Crippen LogP contribution in [0.3, 0.4) is 0 Å². The number of rotatable bonds is 12. The Hall–Kier alpha value is -4.54. The van der Waals surface area contributed by atoms with Crippen LogP contribution < -0.4 is 47.1 Å². The van der Waals surface area contributed by atoms with Crippen LogP contribution in [0.15, 0.2) is 183 Å². The summed E-state index contributed by atoms with van der Waals surface area (Å²) in [7, 11) is 0. The van der Waals surface area contributed by atoms with Crippen molar-refractivity contribution in [2.45, 2.75) is 94.9 Å². The van der Waals surface area contributed by atoms with Gasteiger partial charge in [0.2, 0.25) is 0 Å². The molecule has 2 saturated heterocycles. The fourth-order valence-electron chi connectivity index (χ4n) is 12.5. The summed E-state index contributed by atoms with van der Waals surface area (Å²) in [5.74, 6) is -21.0. The number of aliphatic hydroxyl groups is 1. The molecule has 572 valence electrons. The third kappa shape index (κ3) is 22.9. The average molecular weight is 2400 g/mol. The van der Waals surface area contributed by atoms with Gasteiger partial charge in [0.05, 0.1) is 44.1 Å². The van der Waals surface area contributed by atoms with Crippen molar-refractivity contribution < 1.29 is 154 Å². The molecule has 4 heterocycles. The first-order valence-corrected chi connectivity index (χ1v) is 42.0. The number of hydrogen-bond donors (Lipinski definition) is 2. The Bertz CT molecular complexity index is 4090. The van der Waals surface area contributed by atoms with Crippen LogP contribution in [-0.2, 0) is 42.9 Å². The highest BCUT2D eigenvalue weighted by molar-refractivity contribution is 14.1. The second-order valence-electron chi connectivity index (χ2n) is 24.1. The first kappa shape index (κ1) is 88.0. The van der Waals surface area contributed by atoms with Crippen LogP contribution in [0.4, 0.5) is 53.5 Å². The van der Waals surface area contributed by atoms with Gasteiger partial charge in [-0.15, -0.1) is 0 Å². The number of carbonyl (C=O) groups excluding carboxylic acids is 6. The number of imidazole rings is 2. The summed E-state index contributed by atoms with van der Waals surface area (Å²) in [4.78, 5) is 80.3. The van der Waals surface area contributed by atoms with Gasteiger partial charge in [0.15, 0.2) is 20.0 Å². The minimum atomic E-state index is -5.54. The molecule has 2 aromatic heterocycles. The molecule has 14 atom stereocenters. The number of aromatic nitrogens is 4. The molecule has 6 fully saturated rings. The van der Waals surface area contributed by atoms with Gasteiger partial charge in [0.25, 0.3) is 24.1 Å². The van der Waals surface area contributed by atoms with E-state index < -0.39 is 138 Å². The van der Waals surface area contributed by atoms with Crippen molar-refractivity contribution in [2.24, 2.45) is 47.3 Å². The number of fused-ring (bicyclic) bond motifs is 2. The highest BCUT2D eigenvalue weighted by atomic mass is 127. The molecule has 0 radical (unpaired) electrons. The molecular weight excluding hydrogens is 2340 g/mol. The van der Waals surface area contributed by atoms with Crippen molar-refractivity contribution in [1.82, 2.24) is 19.1 Å². The molecule has 4 aliphatic carbocycles. The molecular formula is C71H60F10I8N4O14+2. The van der Waals surface area contributed by atoms with Crippen LogP contribution in [0.25, 0.3) is 0 Å². The van der Waals surface area contributed by atoms with Crippen LogP contribution in [0, 0.1) is 83.0 Å². The standard InChI is InChI=1S/C20H14F5I3O7.C13H13F5O5.2C12H10I.C7H6N4O.C6H3I3O.CH4/c1-19(21,22)17(20(23,24)25)35-16(30)11-7-4-6-10(11)15(29)32-12(6)13(7)33-18(31)34-14-8(27)2-5(26)3-9(14)28;1-12(14,15)11(13(16,17)18)23-10(21)5-3-2-4-6(5)9(20)22-8(4)7(3)19;2*1-3-7-11(8-4-1)13-12-9-5-2-6-10-12;12-7(10-3-1-8-5-10)11-4-2-9-6-11;7-3-1-4(8)6(10)5(9)2-3;/h2-3,6-7,10-13,17H,4H2,1H3;3-8,11,19H,2H2,1H3;2*1-10H;1-6H;1-2,10H;1H4/q;;2*+1;;;. The summed E-state index contributed by atoms with van der Waals surface area (Å²) in [5, 5.41) is 19.3. The Labute approximate surface area is 708 Å². The van der Waals surface area contributed by atoms with E-state index in [0.717, 1.165) is 14.3 Å². The van der Waals surface area contributed by atoms with E-state index in [4.69, 9.17) is 18.9 Å². The lowest BCUT2D eigenvalue weighted by Gasteiger charge is -2.32. The molecule has 2 aliphatic heterocycles. The van der Waals surface area contributed by atoms with E-state index >= 15 is 0 Å². The van der Waals surface area contributed by atoms with E-state index in [1.54, 1.807) is 36.9 Å². The van der Waals surface area contributed by atoms with Gasteiger partial charge in [-0.05, 0) is 221 Å². The fraction of sp³-hybridized carbons (Fsp3) is 0.324. The molecule has 0 spiro atoms. The summed E-state index contributed by atoms with van der Waals surface area (Å²) in [5.41, 5.74) is 0. The van der Waals surface area contributed by atoms with E-state index in [-0.39, 0.29) is 88.3 Å². The number of halogens is 18. The lowest BCUT2D eigenvalue weighted by molar-refractivity contribution is -0.597. The van der Waals surface area contributed by atoms with Crippen LogP contribution in [0.5, 0.6) is 11.5 Å². The van der Waals surface area contributed by atoms with Crippen molar-refractivity contribution >= 4 is 172 Å². The molecule has 4 saturated carbocycles. The summed E-state index contributed by atoms with van der Waals surface area (Å²) in [6.45, 7) is -0.0255. The van der Waals surface area contributed by atoms with Gasteiger partial charge in [-0.3, -0.25) is 28.3 Å². The lowest BCUT2D eigenvalue weighted by atomic mass is 9.78. The predicted octanol–water partition coefficient (Wildman–Crippen LogP) is 10.7. The molecule has 6 aromatic carbocycles. The number of aliphatic hydroxyl groups excluding tert-OH is 1. The fourth-order valence-corrected chi connectivity index (χ4v) is 24.5. The highest BCUT2D eigenvalue weighted by Gasteiger charge is 2.72. The first-order valence-electron chi connectivity index (χ1n) is 31.2. The lowest BCUT2D eigenvalue weighted by Crippen LogP contribution is -3.61. The molecule has 36 heteroatoms. The molecule has 8 aromatic rings. The van der Waals surface area contributed by atoms with E-state index in [0.29, 0.717) is 12.9 Å². The number of alkyl halides is 10. The van der Waals surface area contributed by atoms with Gasteiger partial charge in [0, 0.05) is 69.4 Å². The van der Waals surface area contributed by atoms with E-state index in [2.05, 4.69) is 231 Å². The zero-order valence-electron chi connectivity index (χ0n) is 54.2. The molecule has 6 aliphatic rings. The average Bonchev–Trinajstić information content (AvgIpc) is 1.56. The van der Waals surface area contributed by atoms with Gasteiger partial charge in [-0.1, -0.05) is 80.2 Å². The van der Waals surface area contributed by atoms with Crippen molar-refractivity contribution in [3.63, 3.8) is 0 Å². The van der Waals surface area contributed by atoms with Crippen LogP contribution >= 0.6 is 136 Å². The third-order valence-electron chi connectivity index (χ3n) is 16.8. The largest absolute Gasteiger partial charge is 0.514 e. The summed E-state index contributed by atoms with van der Waals surface area (Å²) in [6.07, 6.45) is -14.1. The molecule has 14 rings (SSSR count). The van der Waals surface area contributed by atoms with E-state index in [9.17, 15) is 82.9 Å². The topological polar surface area (TPSA) is 234 Å². The number of hydrogen-bond acceptors (Lipinski definition) is 16. The quantitative estimate of drug-likeness (QED) is 0.0380. The maximum absolute atomic E-state index is 13.6. The summed E-state index contributed by atoms with van der Waals surface area (Å²) < 4.78 is 174. The first-order chi connectivity index (χ1) is 49.9. The number of carbonyl (C=O) groups is 6. The zero-order valence-corrected chi connectivity index (χ0v) is 71.5. The number of phenolic OH excluding ortho intramolecular Hbond substituents is 1. The van der Waals surface area contributed by atoms with Crippen molar-refractivity contribution in [3.8, 4) is 11.5 Å². The molecule has 0 amide bonds. The molecule has 2 N–H and O–H groups in total. The Morgan fingerprint density at radius 1 is 0.533 bits per heavy atom. The molecule has 18 nitrogen and oxygen atoms in total. The second kappa shape index (κ2) is 38.3. The molecule has 4 bridgehead atoms. The number of nitrogens with zero attached hydrogens (tertiary/aromatic N) is 4. The number of esters is 4. The number of benzene rings is 6. The van der Waals surface area contributed by atoms with E-state index in [1.807, 2.05) is 57.3 Å². The number of phenols is 1. The van der Waals surface area contributed by atoms with Crippen LogP contribution in [-0.4, -0.2) is 126 Å². The normalized spacial score (nSPS) is 22.9. The minimum Gasteiger partial charge on any atom is -0.506 e. The number of ether oxygens (including phenoxy) is 6. The van der Waals surface area contributed by atoms with Crippen molar-refractivity contribution in [1.29, 1.82) is 0 Å². The van der Waals surface area contributed by atoms with Crippen molar-refractivity contribution in [2.75, 3.05) is 0 Å². The Morgan fingerprint density at radius 3 is 1.23 bits per heavy atom. The SMILES string of the molecule is C.CC(F)(F)C(OC(=O)C1C2CC3C(OC(=O)C31)C2O)C(F)(F)F.CC(F)(F)C(OC(=O)C1C2CC3C(OC(=O)C31)C2OC(=O)Oc1c(I)cc(I)cc1I)C(F)(F)F.O=C(n1ccnc1)n1ccnc1.Oc1c(I)cc(I)cc1I.c1ccc([I+]c2ccccc2)cc1.c1ccc([I+]c2ccccc2)cc1.